The van der Waals surface area contributed by atoms with Crippen LogP contribution in [0.15, 0.2) is 42.9 Å². The highest BCUT2D eigenvalue weighted by molar-refractivity contribution is 5.83. The van der Waals surface area contributed by atoms with E-state index in [0.29, 0.717) is 5.69 Å². The number of aromatic nitrogens is 2. The van der Waals surface area contributed by atoms with Gasteiger partial charge in [-0.15, -0.1) is 0 Å². The van der Waals surface area contributed by atoms with Crippen LogP contribution in [0, 0.1) is 0 Å². The number of hydrogen-bond acceptors (Lipinski definition) is 5. The first-order chi connectivity index (χ1) is 12.3. The maximum absolute atomic E-state index is 12.1. The molecule has 0 bridgehead atoms. The van der Waals surface area contributed by atoms with Crippen LogP contribution in [0.5, 0.6) is 0 Å². The maximum Gasteiger partial charge on any atom is 0.326 e. The van der Waals surface area contributed by atoms with Crippen LogP contribution >= 0.6 is 0 Å². The molecule has 1 aromatic carbocycles. The van der Waals surface area contributed by atoms with Gasteiger partial charge in [-0.1, -0.05) is 30.3 Å². The normalized spacial score (nSPS) is 13.0. The van der Waals surface area contributed by atoms with E-state index >= 15 is 0 Å². The van der Waals surface area contributed by atoms with E-state index in [1.54, 1.807) is 24.3 Å². The van der Waals surface area contributed by atoms with Crippen molar-refractivity contribution >= 4 is 17.8 Å². The molecular formula is C17H20N4O5. The molecule has 0 unspecified atom stereocenters. The molecule has 0 saturated heterocycles. The number of aliphatic carboxylic acids is 2. The average Bonchev–Trinajstić information content (AvgIpc) is 3.01. The van der Waals surface area contributed by atoms with Gasteiger partial charge in [0.05, 0.1) is 12.0 Å². The molecule has 9 nitrogen and oxygen atoms in total. The summed E-state index contributed by atoms with van der Waals surface area (Å²) in [6.45, 7) is -0.131. The number of hydrogen-bond donors (Lipinski definition) is 4. The highest BCUT2D eigenvalue weighted by Gasteiger charge is 2.21. The van der Waals surface area contributed by atoms with Crippen LogP contribution in [-0.4, -0.2) is 49.7 Å². The number of benzene rings is 1. The first-order valence-corrected chi connectivity index (χ1v) is 7.90. The Morgan fingerprint density at radius 1 is 1.12 bits per heavy atom. The third-order valence-electron chi connectivity index (χ3n) is 3.68. The fraction of sp³-hybridized carbons (Fsp3) is 0.294. The van der Waals surface area contributed by atoms with Gasteiger partial charge in [0.2, 0.25) is 5.91 Å². The lowest BCUT2D eigenvalue weighted by atomic mass is 10.1. The maximum atomic E-state index is 12.1. The van der Waals surface area contributed by atoms with Crippen LogP contribution in [0.25, 0.3) is 0 Å². The van der Waals surface area contributed by atoms with Gasteiger partial charge in [-0.3, -0.25) is 9.59 Å². The smallest absolute Gasteiger partial charge is 0.326 e. The third kappa shape index (κ3) is 5.71. The summed E-state index contributed by atoms with van der Waals surface area (Å²) in [6, 6.07) is 6.87. The fourth-order valence-corrected chi connectivity index (χ4v) is 2.37. The molecule has 0 radical (unpaired) electrons. The minimum Gasteiger partial charge on any atom is -0.480 e. The van der Waals surface area contributed by atoms with Crippen LogP contribution in [0.4, 0.5) is 0 Å². The molecule has 1 amide bonds. The number of nitrogens with one attached hydrogen (secondary N) is 1. The van der Waals surface area contributed by atoms with Crippen LogP contribution in [0.2, 0.25) is 0 Å². The first-order valence-electron chi connectivity index (χ1n) is 7.90. The Hall–Kier alpha value is -3.20. The van der Waals surface area contributed by atoms with Gasteiger partial charge >= 0.3 is 11.9 Å². The largest absolute Gasteiger partial charge is 0.480 e. The topological polar surface area (TPSA) is 148 Å². The minimum atomic E-state index is -1.14. The minimum absolute atomic E-state index is 0.0374. The molecule has 26 heavy (non-hydrogen) atoms. The molecule has 2 atom stereocenters. The predicted octanol–water partition coefficient (Wildman–Crippen LogP) is -0.350. The van der Waals surface area contributed by atoms with Crippen molar-refractivity contribution in [2.45, 2.75) is 31.5 Å². The number of carboxylic acid groups (broad SMARTS) is 2. The molecule has 2 rings (SSSR count). The second-order valence-corrected chi connectivity index (χ2v) is 5.83. The molecule has 0 saturated carbocycles. The molecule has 2 aromatic rings. The lowest BCUT2D eigenvalue weighted by molar-refractivity contribution is -0.142. The molecular weight excluding hydrogens is 340 g/mol. The van der Waals surface area contributed by atoms with Crippen molar-refractivity contribution in [2.75, 3.05) is 0 Å². The Balaban J connectivity index is 1.93. The summed E-state index contributed by atoms with van der Waals surface area (Å²) in [6.07, 6.45) is 3.09. The SMILES string of the molecule is N[C@@H](Cc1cn(CC(=O)N[C@@H](Cc2ccccc2)C(=O)O)cn1)C(=O)O. The summed E-state index contributed by atoms with van der Waals surface area (Å²) >= 11 is 0. The summed E-state index contributed by atoms with van der Waals surface area (Å²) in [4.78, 5) is 38.2. The van der Waals surface area contributed by atoms with Gasteiger partial charge in [-0.25, -0.2) is 9.78 Å². The number of imidazole rings is 1. The molecule has 1 aromatic heterocycles. The van der Waals surface area contributed by atoms with Gasteiger partial charge in [0.1, 0.15) is 18.6 Å². The summed E-state index contributed by atoms with van der Waals surface area (Å²) in [7, 11) is 0. The van der Waals surface area contributed by atoms with Crippen molar-refractivity contribution in [1.29, 1.82) is 0 Å². The lowest BCUT2D eigenvalue weighted by Crippen LogP contribution is -2.43. The van der Waals surface area contributed by atoms with Crippen molar-refractivity contribution in [3.8, 4) is 0 Å². The number of amides is 1. The first kappa shape index (κ1) is 19.1. The van der Waals surface area contributed by atoms with Crippen LogP contribution < -0.4 is 11.1 Å². The molecule has 0 fully saturated rings. The van der Waals surface area contributed by atoms with Gasteiger partial charge in [0.25, 0.3) is 0 Å². The summed E-state index contributed by atoms with van der Waals surface area (Å²) in [5.74, 6) is -2.75. The van der Waals surface area contributed by atoms with Crippen molar-refractivity contribution < 1.29 is 24.6 Å². The predicted molar refractivity (Wildman–Crippen MR) is 91.3 cm³/mol. The molecule has 138 valence electrons. The van der Waals surface area contributed by atoms with E-state index < -0.39 is 29.9 Å². The molecule has 0 aliphatic carbocycles. The van der Waals surface area contributed by atoms with Crippen molar-refractivity contribution in [3.63, 3.8) is 0 Å². The third-order valence-corrected chi connectivity index (χ3v) is 3.68. The highest BCUT2D eigenvalue weighted by atomic mass is 16.4. The van der Waals surface area contributed by atoms with E-state index in [1.165, 1.54) is 17.1 Å². The summed E-state index contributed by atoms with van der Waals surface area (Å²) < 4.78 is 1.45. The summed E-state index contributed by atoms with van der Waals surface area (Å²) in [5, 5.41) is 20.6. The quantitative estimate of drug-likeness (QED) is 0.478. The van der Waals surface area contributed by atoms with Gasteiger partial charge in [-0.2, -0.15) is 0 Å². The van der Waals surface area contributed by atoms with E-state index in [0.717, 1.165) is 5.56 Å². The van der Waals surface area contributed by atoms with Crippen molar-refractivity contribution in [3.05, 3.63) is 54.1 Å². The number of nitrogens with two attached hydrogens (primary N) is 1. The molecule has 5 N–H and O–H groups in total. The van der Waals surface area contributed by atoms with E-state index in [9.17, 15) is 19.5 Å². The Kier molecular flexibility index (Phi) is 6.45. The second kappa shape index (κ2) is 8.77. The monoisotopic (exact) mass is 360 g/mol. The zero-order valence-corrected chi connectivity index (χ0v) is 13.9. The Bertz CT molecular complexity index is 774. The van der Waals surface area contributed by atoms with Gasteiger partial charge < -0.3 is 25.8 Å². The van der Waals surface area contributed by atoms with Gasteiger partial charge in [-0.05, 0) is 5.56 Å². The molecule has 0 aliphatic heterocycles. The Morgan fingerprint density at radius 3 is 2.42 bits per heavy atom. The number of nitrogens with zero attached hydrogens (tertiary/aromatic N) is 2. The van der Waals surface area contributed by atoms with Crippen molar-refractivity contribution in [1.82, 2.24) is 14.9 Å². The highest BCUT2D eigenvalue weighted by Crippen LogP contribution is 2.04. The second-order valence-electron chi connectivity index (χ2n) is 5.83. The number of rotatable bonds is 9. The van der Waals surface area contributed by atoms with Gasteiger partial charge in [0, 0.05) is 19.0 Å². The standard InChI is InChI=1S/C17H20N4O5/c18-13(16(23)24)7-12-8-21(10-19-12)9-15(22)20-14(17(25)26)6-11-4-2-1-3-5-11/h1-5,8,10,13-14H,6-7,9,18H2,(H,20,22)(H,23,24)(H,25,26)/t13-,14-/m0/s1. The van der Waals surface area contributed by atoms with E-state index in [2.05, 4.69) is 10.3 Å². The van der Waals surface area contributed by atoms with Crippen molar-refractivity contribution in [2.24, 2.45) is 5.73 Å². The average molecular weight is 360 g/mol. The van der Waals surface area contributed by atoms with Crippen LogP contribution in [0.1, 0.15) is 11.3 Å². The van der Waals surface area contributed by atoms with Crippen LogP contribution in [-0.2, 0) is 33.8 Å². The molecule has 0 aliphatic rings. The van der Waals surface area contributed by atoms with E-state index in [1.807, 2.05) is 6.07 Å². The fourth-order valence-electron chi connectivity index (χ4n) is 2.37. The van der Waals surface area contributed by atoms with E-state index in [-0.39, 0.29) is 19.4 Å². The van der Waals surface area contributed by atoms with Crippen LogP contribution in [0.3, 0.4) is 0 Å². The lowest BCUT2D eigenvalue weighted by Gasteiger charge is -2.14. The zero-order valence-electron chi connectivity index (χ0n) is 13.9. The number of carbonyl (C=O) groups excluding carboxylic acids is 1. The molecule has 1 heterocycles. The Morgan fingerprint density at radius 2 is 1.81 bits per heavy atom. The van der Waals surface area contributed by atoms with E-state index in [4.69, 9.17) is 10.8 Å². The zero-order chi connectivity index (χ0) is 19.1. The molecule has 0 spiro atoms. The number of carboxylic acids is 2. The molecule has 9 heteroatoms. The van der Waals surface area contributed by atoms with Gasteiger partial charge in [0.15, 0.2) is 0 Å². The summed E-state index contributed by atoms with van der Waals surface area (Å²) in [5.41, 5.74) is 6.67. The Labute approximate surface area is 149 Å². The number of carbonyl (C=O) groups is 3.